The van der Waals surface area contributed by atoms with Gasteiger partial charge in [0.2, 0.25) is 0 Å². The Morgan fingerprint density at radius 2 is 2.03 bits per heavy atom. The van der Waals surface area contributed by atoms with Gasteiger partial charge in [0.25, 0.3) is 11.5 Å². The Balaban J connectivity index is 2.14. The number of fused-ring (bicyclic) bond motifs is 2. The van der Waals surface area contributed by atoms with E-state index in [1.165, 1.54) is 21.8 Å². The van der Waals surface area contributed by atoms with Gasteiger partial charge in [-0.15, -0.1) is 11.3 Å². The minimum atomic E-state index is -0.649. The first-order chi connectivity index (χ1) is 15.0. The van der Waals surface area contributed by atoms with Gasteiger partial charge in [0.05, 0.1) is 16.9 Å². The van der Waals surface area contributed by atoms with Gasteiger partial charge >= 0.3 is 5.97 Å². The summed E-state index contributed by atoms with van der Waals surface area (Å²) in [6.07, 6.45) is 2.30. The molecule has 158 valence electrons. The van der Waals surface area contributed by atoms with Crippen molar-refractivity contribution in [1.29, 1.82) is 0 Å². The molecule has 0 aromatic carbocycles. The van der Waals surface area contributed by atoms with Crippen LogP contribution < -0.4 is 11.0 Å². The zero-order valence-corrected chi connectivity index (χ0v) is 17.9. The van der Waals surface area contributed by atoms with E-state index in [4.69, 9.17) is 4.74 Å². The summed E-state index contributed by atoms with van der Waals surface area (Å²) < 4.78 is 8.27. The van der Waals surface area contributed by atoms with Crippen LogP contribution in [0.15, 0.2) is 57.8 Å². The molecule has 0 aliphatic rings. The van der Waals surface area contributed by atoms with E-state index in [0.29, 0.717) is 29.1 Å². The zero-order chi connectivity index (χ0) is 22.0. The van der Waals surface area contributed by atoms with E-state index in [2.05, 4.69) is 9.98 Å². The van der Waals surface area contributed by atoms with E-state index >= 15 is 0 Å². The molecule has 4 heterocycles. The molecule has 0 fully saturated rings. The standard InChI is InChI=1S/C22H20N4O4S/c1-3-10-26-18-14(21(28)25-11-6-5-9-17(25)23-18)13-15(22(29)30-4-2)19(26)24-20(27)16-8-7-12-31-16/h5-9,11-13H,3-4,10H2,1-2H3. The minimum Gasteiger partial charge on any atom is -0.462 e. The molecule has 0 radical (unpaired) electrons. The number of carbonyl (C=O) groups is 2. The summed E-state index contributed by atoms with van der Waals surface area (Å²) in [6.45, 7) is 4.21. The molecule has 0 saturated heterocycles. The third-order valence-electron chi connectivity index (χ3n) is 4.67. The summed E-state index contributed by atoms with van der Waals surface area (Å²) >= 11 is 1.26. The fourth-order valence-corrected chi connectivity index (χ4v) is 3.95. The molecule has 8 nitrogen and oxygen atoms in total. The number of hydrogen-bond donors (Lipinski definition) is 0. The summed E-state index contributed by atoms with van der Waals surface area (Å²) in [5.41, 5.74) is 0.709. The summed E-state index contributed by atoms with van der Waals surface area (Å²) in [7, 11) is 0. The number of amides is 1. The Hall–Kier alpha value is -3.59. The molecule has 0 spiro atoms. The van der Waals surface area contributed by atoms with E-state index in [1.807, 2.05) is 6.92 Å². The number of aromatic nitrogens is 3. The summed E-state index contributed by atoms with van der Waals surface area (Å²) in [5, 5.41) is 2.03. The highest BCUT2D eigenvalue weighted by Crippen LogP contribution is 2.13. The normalized spacial score (nSPS) is 11.9. The maximum absolute atomic E-state index is 13.2. The van der Waals surface area contributed by atoms with Crippen molar-refractivity contribution < 1.29 is 14.3 Å². The van der Waals surface area contributed by atoms with Crippen LogP contribution in [0.1, 0.15) is 40.3 Å². The predicted molar refractivity (Wildman–Crippen MR) is 117 cm³/mol. The van der Waals surface area contributed by atoms with Gasteiger partial charge in [0.1, 0.15) is 16.9 Å². The second-order valence-corrected chi connectivity index (χ2v) is 7.68. The first kappa shape index (κ1) is 20.7. The van der Waals surface area contributed by atoms with Crippen LogP contribution in [-0.4, -0.2) is 32.4 Å². The van der Waals surface area contributed by atoms with Gasteiger partial charge in [-0.25, -0.2) is 9.78 Å². The van der Waals surface area contributed by atoms with Crippen molar-refractivity contribution in [2.24, 2.45) is 4.99 Å². The molecule has 4 rings (SSSR count). The van der Waals surface area contributed by atoms with Gasteiger partial charge in [-0.2, -0.15) is 4.99 Å². The molecule has 0 N–H and O–H groups in total. The van der Waals surface area contributed by atoms with Gasteiger partial charge in [0, 0.05) is 12.7 Å². The van der Waals surface area contributed by atoms with E-state index in [0.717, 1.165) is 0 Å². The number of carbonyl (C=O) groups excluding carboxylic acids is 2. The van der Waals surface area contributed by atoms with E-state index in [-0.39, 0.29) is 28.6 Å². The highest BCUT2D eigenvalue weighted by atomic mass is 32.1. The molecular weight excluding hydrogens is 416 g/mol. The molecule has 9 heteroatoms. The number of hydrogen-bond acceptors (Lipinski definition) is 6. The summed E-state index contributed by atoms with van der Waals surface area (Å²) in [4.78, 5) is 48.1. The lowest BCUT2D eigenvalue weighted by Crippen LogP contribution is -2.32. The topological polar surface area (TPSA) is 95.0 Å². The third-order valence-corrected chi connectivity index (χ3v) is 5.53. The smallest absolute Gasteiger partial charge is 0.341 e. The zero-order valence-electron chi connectivity index (χ0n) is 17.1. The summed E-state index contributed by atoms with van der Waals surface area (Å²) in [5.74, 6) is -1.12. The van der Waals surface area contributed by atoms with Crippen molar-refractivity contribution in [3.8, 4) is 0 Å². The number of pyridine rings is 2. The molecule has 0 unspecified atom stereocenters. The molecule has 0 aliphatic heterocycles. The molecule has 31 heavy (non-hydrogen) atoms. The van der Waals surface area contributed by atoms with E-state index in [9.17, 15) is 14.4 Å². The van der Waals surface area contributed by atoms with Crippen LogP contribution in [0.2, 0.25) is 0 Å². The minimum absolute atomic E-state index is 0.0579. The second kappa shape index (κ2) is 8.65. The van der Waals surface area contributed by atoms with Crippen LogP contribution in [0.25, 0.3) is 16.7 Å². The predicted octanol–water partition coefficient (Wildman–Crippen LogP) is 3.04. The fraction of sp³-hybridized carbons (Fsp3) is 0.227. The number of nitrogens with zero attached hydrogens (tertiary/aromatic N) is 4. The lowest BCUT2D eigenvalue weighted by Gasteiger charge is -2.14. The van der Waals surface area contributed by atoms with E-state index < -0.39 is 11.9 Å². The molecule has 4 aromatic rings. The monoisotopic (exact) mass is 436 g/mol. The Labute approximate surface area is 181 Å². The average Bonchev–Trinajstić information content (AvgIpc) is 3.31. The number of thiophene rings is 1. The maximum atomic E-state index is 13.2. The molecule has 0 atom stereocenters. The van der Waals surface area contributed by atoms with Crippen molar-refractivity contribution in [3.05, 3.63) is 74.3 Å². The molecule has 0 saturated carbocycles. The van der Waals surface area contributed by atoms with Gasteiger partial charge < -0.3 is 9.30 Å². The van der Waals surface area contributed by atoms with Crippen molar-refractivity contribution in [1.82, 2.24) is 14.0 Å². The van der Waals surface area contributed by atoms with Gasteiger partial charge in [-0.1, -0.05) is 19.1 Å². The Morgan fingerprint density at radius 1 is 1.19 bits per heavy atom. The molecule has 4 aromatic heterocycles. The van der Waals surface area contributed by atoms with Crippen LogP contribution >= 0.6 is 11.3 Å². The number of esters is 1. The molecule has 0 aliphatic carbocycles. The number of rotatable bonds is 5. The SMILES string of the molecule is CCCn1c(=NC(=O)c2cccs2)c(C(=O)OCC)cc2c(=O)n3ccccc3nc21. The largest absolute Gasteiger partial charge is 0.462 e. The fourth-order valence-electron chi connectivity index (χ4n) is 3.34. The van der Waals surface area contributed by atoms with Crippen LogP contribution in [0.3, 0.4) is 0 Å². The van der Waals surface area contributed by atoms with Gasteiger partial charge in [-0.3, -0.25) is 14.0 Å². The van der Waals surface area contributed by atoms with Gasteiger partial charge in [0.15, 0.2) is 5.49 Å². The van der Waals surface area contributed by atoms with Crippen LogP contribution in [0.4, 0.5) is 0 Å². The lowest BCUT2D eigenvalue weighted by atomic mass is 10.2. The lowest BCUT2D eigenvalue weighted by molar-refractivity contribution is 0.0523. The van der Waals surface area contributed by atoms with Crippen molar-refractivity contribution in [2.45, 2.75) is 26.8 Å². The number of aryl methyl sites for hydroxylation is 1. The maximum Gasteiger partial charge on any atom is 0.341 e. The van der Waals surface area contributed by atoms with E-state index in [1.54, 1.807) is 53.4 Å². The quantitative estimate of drug-likeness (QED) is 0.354. The first-order valence-corrected chi connectivity index (χ1v) is 10.8. The highest BCUT2D eigenvalue weighted by molar-refractivity contribution is 7.12. The Morgan fingerprint density at radius 3 is 2.74 bits per heavy atom. The Bertz CT molecular complexity index is 1420. The van der Waals surface area contributed by atoms with Crippen LogP contribution in [-0.2, 0) is 11.3 Å². The average molecular weight is 436 g/mol. The summed E-state index contributed by atoms with van der Waals surface area (Å²) in [6, 6.07) is 10.1. The van der Waals surface area contributed by atoms with Gasteiger partial charge in [-0.05, 0) is 43.0 Å². The van der Waals surface area contributed by atoms with Crippen molar-refractivity contribution in [3.63, 3.8) is 0 Å². The molecule has 1 amide bonds. The van der Waals surface area contributed by atoms with Crippen molar-refractivity contribution in [2.75, 3.05) is 6.61 Å². The van der Waals surface area contributed by atoms with Crippen molar-refractivity contribution >= 4 is 39.9 Å². The Kier molecular flexibility index (Phi) is 5.77. The molecule has 0 bridgehead atoms. The first-order valence-electron chi connectivity index (χ1n) is 9.89. The third kappa shape index (κ3) is 3.79. The molecular formula is C22H20N4O4S. The number of ether oxygens (including phenoxy) is 1. The van der Waals surface area contributed by atoms with Crippen LogP contribution in [0, 0.1) is 0 Å². The van der Waals surface area contributed by atoms with Crippen LogP contribution in [0.5, 0.6) is 0 Å². The second-order valence-electron chi connectivity index (χ2n) is 6.73. The highest BCUT2D eigenvalue weighted by Gasteiger charge is 2.20.